The van der Waals surface area contributed by atoms with Crippen molar-refractivity contribution < 1.29 is 38.7 Å². The van der Waals surface area contributed by atoms with Gasteiger partial charge in [0.1, 0.15) is 42.3 Å². The molecule has 60 heavy (non-hydrogen) atoms. The molecule has 6 rings (SSSR count). The number of nitrogens with one attached hydrogen (secondary N) is 6. The van der Waals surface area contributed by atoms with Crippen LogP contribution in [0.3, 0.4) is 0 Å². The average molecular weight is 827 g/mol. The number of nitrogens with zero attached hydrogens (tertiary/aromatic N) is 2. The lowest BCUT2D eigenvalue weighted by Crippen LogP contribution is -2.61. The van der Waals surface area contributed by atoms with E-state index in [2.05, 4.69) is 31.6 Å². The third kappa shape index (κ3) is 9.97. The lowest BCUT2D eigenvalue weighted by Gasteiger charge is -2.33. The first kappa shape index (κ1) is 43.8. The van der Waals surface area contributed by atoms with Gasteiger partial charge in [0, 0.05) is 37.1 Å². The van der Waals surface area contributed by atoms with Crippen molar-refractivity contribution in [2.45, 2.75) is 115 Å². The molecule has 8 atom stereocenters. The Hall–Kier alpha value is -5.77. The third-order valence-corrected chi connectivity index (χ3v) is 12.1. The first-order valence-corrected chi connectivity index (χ1v) is 21.1. The van der Waals surface area contributed by atoms with Gasteiger partial charge < -0.3 is 46.5 Å². The summed E-state index contributed by atoms with van der Waals surface area (Å²) < 4.78 is 0. The van der Waals surface area contributed by atoms with Gasteiger partial charge in [-0.2, -0.15) is 0 Å². The molecule has 3 saturated heterocycles. The number of benzene rings is 2. The molecule has 16 heteroatoms. The first-order chi connectivity index (χ1) is 28.8. The number of para-hydroxylation sites is 1. The first-order valence-electron chi connectivity index (χ1n) is 21.1. The Balaban J connectivity index is 1.38. The molecule has 7 amide bonds. The quantitative estimate of drug-likeness (QED) is 0.174. The molecule has 0 spiro atoms. The number of hydrogen-bond acceptors (Lipinski definition) is 8. The number of aliphatic hydroxyl groups is 1. The molecular formula is C44H58N8O8. The second-order valence-electron chi connectivity index (χ2n) is 16.6. The molecule has 0 radical (unpaired) electrons. The van der Waals surface area contributed by atoms with Crippen LogP contribution in [0, 0.1) is 11.8 Å². The molecule has 2 aromatic carbocycles. The number of aromatic amines is 1. The van der Waals surface area contributed by atoms with Crippen LogP contribution in [-0.2, 0) is 46.4 Å². The predicted octanol–water partition coefficient (Wildman–Crippen LogP) is 1.07. The second kappa shape index (κ2) is 19.5. The average Bonchev–Trinajstić information content (AvgIpc) is 4.03. The molecule has 3 aliphatic rings. The molecule has 4 heterocycles. The van der Waals surface area contributed by atoms with Gasteiger partial charge in [-0.1, -0.05) is 82.6 Å². The minimum absolute atomic E-state index is 0.0213. The van der Waals surface area contributed by atoms with Crippen molar-refractivity contribution in [1.82, 2.24) is 41.4 Å². The SMILES string of the molecule is CCC(C)C1NC(=O)C2CCCN2C(=O)C(Cc2cc3ccccc3[nH]2)NC(=O)C2CCCN2C(=O)C(C(C)C)NC(=O)C(Cc2ccccc2)NC(=O)C(CO)NC1=O. The van der Waals surface area contributed by atoms with Gasteiger partial charge in [0.15, 0.2) is 0 Å². The summed E-state index contributed by atoms with van der Waals surface area (Å²) in [6.45, 7) is 6.80. The molecule has 7 N–H and O–H groups in total. The van der Waals surface area contributed by atoms with Crippen LogP contribution in [0.15, 0.2) is 60.7 Å². The number of aromatic nitrogens is 1. The number of H-pyrrole nitrogens is 1. The summed E-state index contributed by atoms with van der Waals surface area (Å²) in [7, 11) is 0. The number of rotatable bonds is 8. The van der Waals surface area contributed by atoms with Crippen LogP contribution in [-0.4, -0.2) is 123 Å². The lowest BCUT2D eigenvalue weighted by molar-refractivity contribution is -0.145. The molecular weight excluding hydrogens is 769 g/mol. The van der Waals surface area contributed by atoms with Gasteiger partial charge in [-0.05, 0) is 60.6 Å². The molecule has 8 unspecified atom stereocenters. The topological polar surface area (TPSA) is 222 Å². The Bertz CT molecular complexity index is 2020. The van der Waals surface area contributed by atoms with Gasteiger partial charge in [-0.25, -0.2) is 0 Å². The van der Waals surface area contributed by atoms with Crippen LogP contribution < -0.4 is 26.6 Å². The maximum atomic E-state index is 14.6. The van der Waals surface area contributed by atoms with Gasteiger partial charge in [0.25, 0.3) is 0 Å². The largest absolute Gasteiger partial charge is 0.394 e. The maximum Gasteiger partial charge on any atom is 0.246 e. The van der Waals surface area contributed by atoms with E-state index in [0.717, 1.165) is 10.9 Å². The molecule has 16 nitrogen and oxygen atoms in total. The van der Waals surface area contributed by atoms with Gasteiger partial charge in [-0.15, -0.1) is 0 Å². The summed E-state index contributed by atoms with van der Waals surface area (Å²) in [5, 5.41) is 25.2. The summed E-state index contributed by atoms with van der Waals surface area (Å²) in [6, 6.07) is 10.5. The van der Waals surface area contributed by atoms with Crippen LogP contribution in [0.5, 0.6) is 0 Å². The summed E-state index contributed by atoms with van der Waals surface area (Å²) in [5.41, 5.74) is 2.24. The van der Waals surface area contributed by atoms with Crippen molar-refractivity contribution in [3.8, 4) is 0 Å². The highest BCUT2D eigenvalue weighted by atomic mass is 16.3. The standard InChI is InChI=1S/C44H58N8O8/c1-5-26(4)37-42(58)48-33(24-53)39(55)46-31(21-27-13-7-6-8-14-27)38(54)49-36(25(2)3)44(60)52-20-12-17-34(52)40(56)47-32(23-29-22-28-15-9-10-16-30(28)45-29)43(59)51-19-11-18-35(51)41(57)50-37/h6-10,13-16,22,25-26,31-37,45,53H,5,11-12,17-21,23-24H2,1-4H3,(H,46,55)(H,47,56)(H,48,58)(H,49,54)(H,50,57). The van der Waals surface area contributed by atoms with Crippen molar-refractivity contribution >= 4 is 52.3 Å². The van der Waals surface area contributed by atoms with E-state index in [1.807, 2.05) is 43.3 Å². The number of amides is 7. The Kier molecular flexibility index (Phi) is 14.3. The third-order valence-electron chi connectivity index (χ3n) is 12.1. The summed E-state index contributed by atoms with van der Waals surface area (Å²) >= 11 is 0. The molecule has 0 saturated carbocycles. The van der Waals surface area contributed by atoms with Crippen LogP contribution in [0.4, 0.5) is 0 Å². The molecule has 3 aromatic rings. The van der Waals surface area contributed by atoms with E-state index >= 15 is 0 Å². The Labute approximate surface area is 350 Å². The van der Waals surface area contributed by atoms with E-state index in [4.69, 9.17) is 0 Å². The summed E-state index contributed by atoms with van der Waals surface area (Å²) in [4.78, 5) is 106. The van der Waals surface area contributed by atoms with Gasteiger partial charge in [-0.3, -0.25) is 33.6 Å². The van der Waals surface area contributed by atoms with Gasteiger partial charge >= 0.3 is 0 Å². The van der Waals surface area contributed by atoms with Crippen molar-refractivity contribution in [2.75, 3.05) is 19.7 Å². The highest BCUT2D eigenvalue weighted by Gasteiger charge is 2.44. The molecule has 3 aliphatic heterocycles. The minimum Gasteiger partial charge on any atom is -0.394 e. The fourth-order valence-corrected chi connectivity index (χ4v) is 8.42. The Morgan fingerprint density at radius 1 is 0.633 bits per heavy atom. The van der Waals surface area contributed by atoms with Crippen molar-refractivity contribution in [1.29, 1.82) is 0 Å². The number of carbonyl (C=O) groups is 7. The summed E-state index contributed by atoms with van der Waals surface area (Å²) in [6.07, 6.45) is 2.20. The van der Waals surface area contributed by atoms with E-state index < -0.39 is 102 Å². The van der Waals surface area contributed by atoms with E-state index in [1.54, 1.807) is 45.0 Å². The van der Waals surface area contributed by atoms with E-state index in [1.165, 1.54) is 9.80 Å². The molecule has 0 aliphatic carbocycles. The monoisotopic (exact) mass is 826 g/mol. The molecule has 322 valence electrons. The van der Waals surface area contributed by atoms with Crippen LogP contribution in [0.2, 0.25) is 0 Å². The van der Waals surface area contributed by atoms with E-state index in [0.29, 0.717) is 43.4 Å². The Morgan fingerprint density at radius 2 is 1.20 bits per heavy atom. The number of hydrogen-bond donors (Lipinski definition) is 7. The zero-order chi connectivity index (χ0) is 43.1. The predicted molar refractivity (Wildman–Crippen MR) is 223 cm³/mol. The molecule has 1 aromatic heterocycles. The van der Waals surface area contributed by atoms with E-state index in [-0.39, 0.29) is 25.9 Å². The lowest BCUT2D eigenvalue weighted by atomic mass is 9.97. The minimum atomic E-state index is -1.50. The molecule has 3 fully saturated rings. The normalized spacial score (nSPS) is 27.0. The van der Waals surface area contributed by atoms with Crippen molar-refractivity contribution in [3.05, 3.63) is 71.9 Å². The maximum absolute atomic E-state index is 14.6. The van der Waals surface area contributed by atoms with Gasteiger partial charge in [0.05, 0.1) is 6.61 Å². The Morgan fingerprint density at radius 3 is 1.83 bits per heavy atom. The molecule has 0 bridgehead atoms. The van der Waals surface area contributed by atoms with Gasteiger partial charge in [0.2, 0.25) is 41.4 Å². The fraction of sp³-hybridized carbons (Fsp3) is 0.523. The highest BCUT2D eigenvalue weighted by Crippen LogP contribution is 2.25. The highest BCUT2D eigenvalue weighted by molar-refractivity contribution is 5.99. The fourth-order valence-electron chi connectivity index (χ4n) is 8.42. The van der Waals surface area contributed by atoms with Crippen LogP contribution in [0.25, 0.3) is 10.9 Å². The van der Waals surface area contributed by atoms with Crippen molar-refractivity contribution in [3.63, 3.8) is 0 Å². The van der Waals surface area contributed by atoms with Crippen molar-refractivity contribution in [2.24, 2.45) is 11.8 Å². The number of carbonyl (C=O) groups excluding carboxylic acids is 7. The summed E-state index contributed by atoms with van der Waals surface area (Å²) in [5.74, 6) is -5.19. The smallest absolute Gasteiger partial charge is 0.246 e. The van der Waals surface area contributed by atoms with Crippen LogP contribution >= 0.6 is 0 Å². The second-order valence-corrected chi connectivity index (χ2v) is 16.6. The number of fused-ring (bicyclic) bond motifs is 3. The van der Waals surface area contributed by atoms with Crippen LogP contribution in [0.1, 0.15) is 71.1 Å². The van der Waals surface area contributed by atoms with E-state index in [9.17, 15) is 38.7 Å². The zero-order valence-corrected chi connectivity index (χ0v) is 34.7. The number of aliphatic hydroxyl groups excluding tert-OH is 1. The zero-order valence-electron chi connectivity index (χ0n) is 34.7.